The number of carbonyl (C=O) groups is 2. The predicted octanol–water partition coefficient (Wildman–Crippen LogP) is 1.76. The van der Waals surface area contributed by atoms with Gasteiger partial charge in [0.2, 0.25) is 12.3 Å². The van der Waals surface area contributed by atoms with Crippen LogP contribution in [0.4, 0.5) is 5.69 Å². The van der Waals surface area contributed by atoms with Crippen molar-refractivity contribution >= 4 is 29.6 Å². The Labute approximate surface area is 117 Å². The van der Waals surface area contributed by atoms with Gasteiger partial charge in [0.1, 0.15) is 10.8 Å². The Morgan fingerprint density at radius 3 is 2.79 bits per heavy atom. The Morgan fingerprint density at radius 2 is 2.21 bits per heavy atom. The summed E-state index contributed by atoms with van der Waals surface area (Å²) in [6.45, 7) is 2.36. The summed E-state index contributed by atoms with van der Waals surface area (Å²) in [5, 5.41) is 2.61. The summed E-state index contributed by atoms with van der Waals surface area (Å²) >= 11 is 6.26. The molecule has 1 rings (SSSR count). The molecule has 2 amide bonds. The first-order valence-corrected chi connectivity index (χ1v) is 6.16. The fourth-order valence-electron chi connectivity index (χ4n) is 1.72. The van der Waals surface area contributed by atoms with Gasteiger partial charge < -0.3 is 9.64 Å². The summed E-state index contributed by atoms with van der Waals surface area (Å²) < 4.78 is 5.25. The van der Waals surface area contributed by atoms with E-state index in [1.165, 1.54) is 0 Å². The highest BCUT2D eigenvalue weighted by Crippen LogP contribution is 2.36. The lowest BCUT2D eigenvalue weighted by molar-refractivity contribution is -0.125. The third-order valence-electron chi connectivity index (χ3n) is 2.78. The van der Waals surface area contributed by atoms with Crippen molar-refractivity contribution in [2.45, 2.75) is 13.3 Å². The van der Waals surface area contributed by atoms with Crippen molar-refractivity contribution in [3.8, 4) is 5.75 Å². The van der Waals surface area contributed by atoms with Crippen molar-refractivity contribution in [2.75, 3.05) is 25.6 Å². The smallest absolute Gasteiger partial charge is 0.228 e. The van der Waals surface area contributed by atoms with E-state index in [1.807, 2.05) is 31.0 Å². The quantitative estimate of drug-likeness (QED) is 0.809. The molecule has 0 aliphatic heterocycles. The fraction of sp³-hybridized carbons (Fsp3) is 0.385. The van der Waals surface area contributed by atoms with Crippen LogP contribution < -0.4 is 15.0 Å². The van der Waals surface area contributed by atoms with E-state index in [1.54, 1.807) is 7.11 Å². The number of methoxy groups -OCH3 is 1. The average Bonchev–Trinajstić information content (AvgIpc) is 2.37. The largest absolute Gasteiger partial charge is 0.495 e. The maximum atomic E-state index is 11.2. The Balaban J connectivity index is 2.80. The molecular formula is C13H17ClN2O3. The Kier molecular flexibility index (Phi) is 5.63. The van der Waals surface area contributed by atoms with E-state index in [4.69, 9.17) is 16.3 Å². The van der Waals surface area contributed by atoms with Gasteiger partial charge in [0.15, 0.2) is 0 Å². The SMILES string of the molecule is COc1c(C)ccc(N(C)CCC(=O)NC=O)c1Cl. The lowest BCUT2D eigenvalue weighted by Crippen LogP contribution is -2.28. The number of ether oxygens (including phenoxy) is 1. The molecule has 0 aromatic heterocycles. The topological polar surface area (TPSA) is 58.6 Å². The first-order chi connectivity index (χ1) is 9.01. The zero-order valence-electron chi connectivity index (χ0n) is 11.2. The van der Waals surface area contributed by atoms with E-state index in [-0.39, 0.29) is 12.3 Å². The van der Waals surface area contributed by atoms with E-state index in [9.17, 15) is 9.59 Å². The van der Waals surface area contributed by atoms with Gasteiger partial charge in [-0.25, -0.2) is 0 Å². The van der Waals surface area contributed by atoms with E-state index in [2.05, 4.69) is 5.32 Å². The maximum absolute atomic E-state index is 11.2. The summed E-state index contributed by atoms with van der Waals surface area (Å²) in [5.41, 5.74) is 1.73. The standard InChI is InChI=1S/C13H17ClN2O3/c1-9-4-5-10(12(14)13(9)19-3)16(2)7-6-11(18)15-8-17/h4-5,8H,6-7H2,1-3H3,(H,15,17,18). The molecule has 104 valence electrons. The number of nitrogens with one attached hydrogen (secondary N) is 1. The molecule has 19 heavy (non-hydrogen) atoms. The second-order valence-corrected chi connectivity index (χ2v) is 4.48. The Hall–Kier alpha value is -1.75. The first-order valence-electron chi connectivity index (χ1n) is 5.78. The monoisotopic (exact) mass is 284 g/mol. The number of imide groups is 1. The van der Waals surface area contributed by atoms with Crippen LogP contribution in [0.3, 0.4) is 0 Å². The highest BCUT2D eigenvalue weighted by molar-refractivity contribution is 6.34. The maximum Gasteiger partial charge on any atom is 0.228 e. The molecule has 1 aromatic rings. The molecule has 0 aliphatic carbocycles. The van der Waals surface area contributed by atoms with Gasteiger partial charge in [-0.1, -0.05) is 17.7 Å². The zero-order chi connectivity index (χ0) is 14.4. The molecule has 1 aromatic carbocycles. The molecule has 0 unspecified atom stereocenters. The van der Waals surface area contributed by atoms with Crippen LogP contribution in [0, 0.1) is 6.92 Å². The Bertz CT molecular complexity index is 477. The van der Waals surface area contributed by atoms with Crippen LogP contribution in [-0.2, 0) is 9.59 Å². The van der Waals surface area contributed by atoms with Crippen LogP contribution in [0.1, 0.15) is 12.0 Å². The summed E-state index contributed by atoms with van der Waals surface area (Å²) in [5.74, 6) is 0.306. The van der Waals surface area contributed by atoms with Crippen molar-refractivity contribution in [3.05, 3.63) is 22.7 Å². The molecule has 0 saturated carbocycles. The molecule has 0 saturated heterocycles. The molecule has 0 spiro atoms. The van der Waals surface area contributed by atoms with Gasteiger partial charge in [0.05, 0.1) is 12.8 Å². The van der Waals surface area contributed by atoms with Crippen molar-refractivity contribution in [1.29, 1.82) is 0 Å². The highest BCUT2D eigenvalue weighted by Gasteiger charge is 2.13. The van der Waals surface area contributed by atoms with Crippen molar-refractivity contribution < 1.29 is 14.3 Å². The van der Waals surface area contributed by atoms with E-state index < -0.39 is 0 Å². The van der Waals surface area contributed by atoms with Crippen molar-refractivity contribution in [3.63, 3.8) is 0 Å². The number of hydrogen-bond donors (Lipinski definition) is 1. The molecular weight excluding hydrogens is 268 g/mol. The fourth-order valence-corrected chi connectivity index (χ4v) is 2.15. The van der Waals surface area contributed by atoms with Gasteiger partial charge in [0, 0.05) is 20.0 Å². The lowest BCUT2D eigenvalue weighted by atomic mass is 10.2. The molecule has 0 bridgehead atoms. The number of benzene rings is 1. The lowest BCUT2D eigenvalue weighted by Gasteiger charge is -2.22. The summed E-state index contributed by atoms with van der Waals surface area (Å²) in [7, 11) is 3.39. The number of anilines is 1. The number of amides is 2. The van der Waals surface area contributed by atoms with Crippen molar-refractivity contribution in [2.24, 2.45) is 0 Å². The second-order valence-electron chi connectivity index (χ2n) is 4.11. The minimum Gasteiger partial charge on any atom is -0.495 e. The van der Waals surface area contributed by atoms with Crippen LogP contribution in [0.25, 0.3) is 0 Å². The second kappa shape index (κ2) is 6.99. The van der Waals surface area contributed by atoms with Gasteiger partial charge >= 0.3 is 0 Å². The number of halogens is 1. The third kappa shape index (κ3) is 3.86. The van der Waals surface area contributed by atoms with Crippen LogP contribution in [-0.4, -0.2) is 33.0 Å². The number of rotatable bonds is 6. The molecule has 5 nitrogen and oxygen atoms in total. The summed E-state index contributed by atoms with van der Waals surface area (Å²) in [4.78, 5) is 23.2. The van der Waals surface area contributed by atoms with Crippen LogP contribution in [0.5, 0.6) is 5.75 Å². The minimum atomic E-state index is -0.322. The van der Waals surface area contributed by atoms with Gasteiger partial charge in [-0.05, 0) is 18.6 Å². The van der Waals surface area contributed by atoms with Crippen LogP contribution >= 0.6 is 11.6 Å². The van der Waals surface area contributed by atoms with Crippen LogP contribution in [0.2, 0.25) is 5.02 Å². The normalized spacial score (nSPS) is 9.89. The average molecular weight is 285 g/mol. The van der Waals surface area contributed by atoms with Gasteiger partial charge in [0.25, 0.3) is 0 Å². The molecule has 0 heterocycles. The summed E-state index contributed by atoms with van der Waals surface area (Å²) in [6.07, 6.45) is 0.589. The molecule has 0 fully saturated rings. The minimum absolute atomic E-state index is 0.210. The van der Waals surface area contributed by atoms with Crippen LogP contribution in [0.15, 0.2) is 12.1 Å². The highest BCUT2D eigenvalue weighted by atomic mass is 35.5. The predicted molar refractivity (Wildman–Crippen MR) is 74.8 cm³/mol. The molecule has 0 aliphatic rings. The van der Waals surface area contributed by atoms with Gasteiger partial charge in [-0.3, -0.25) is 14.9 Å². The molecule has 0 atom stereocenters. The third-order valence-corrected chi connectivity index (χ3v) is 3.15. The molecule has 0 radical (unpaired) electrons. The number of aryl methyl sites for hydroxylation is 1. The zero-order valence-corrected chi connectivity index (χ0v) is 12.0. The Morgan fingerprint density at radius 1 is 1.53 bits per heavy atom. The van der Waals surface area contributed by atoms with E-state index >= 15 is 0 Å². The van der Waals surface area contributed by atoms with Gasteiger partial charge in [-0.2, -0.15) is 0 Å². The van der Waals surface area contributed by atoms with E-state index in [0.29, 0.717) is 23.7 Å². The molecule has 1 N–H and O–H groups in total. The number of carbonyl (C=O) groups excluding carboxylic acids is 2. The van der Waals surface area contributed by atoms with Crippen molar-refractivity contribution in [1.82, 2.24) is 5.32 Å². The number of nitrogens with zero attached hydrogens (tertiary/aromatic N) is 1. The molecule has 6 heteroatoms. The summed E-state index contributed by atoms with van der Waals surface area (Å²) in [6, 6.07) is 3.78. The number of hydrogen-bond acceptors (Lipinski definition) is 4. The van der Waals surface area contributed by atoms with Gasteiger partial charge in [-0.15, -0.1) is 0 Å². The first kappa shape index (κ1) is 15.3. The van der Waals surface area contributed by atoms with E-state index in [0.717, 1.165) is 11.3 Å².